The standard InChI is InChI=1S/C31H33N3O3/c1-37-24-9-5-8-21(16-24)25-13-10-22(18-32-30(35)28-17-27(28)20-6-3-2-4-7-20)29-19-34(15-14-26(25)29)31(36)33-23-11-12-23/h2-10,13,16,23,27-28H,11-12,14-15,17-19H2,1H3,(H,32,35)(H,33,36). The molecule has 3 aliphatic rings. The summed E-state index contributed by atoms with van der Waals surface area (Å²) in [7, 11) is 1.68. The molecule has 6 rings (SSSR count). The Morgan fingerprint density at radius 1 is 1.00 bits per heavy atom. The van der Waals surface area contributed by atoms with Crippen LogP contribution in [0.25, 0.3) is 11.1 Å². The van der Waals surface area contributed by atoms with Crippen LogP contribution in [0.3, 0.4) is 0 Å². The molecule has 1 heterocycles. The second kappa shape index (κ2) is 9.92. The van der Waals surface area contributed by atoms with E-state index in [2.05, 4.69) is 47.0 Å². The number of nitrogens with one attached hydrogen (secondary N) is 2. The van der Waals surface area contributed by atoms with E-state index < -0.39 is 0 Å². The van der Waals surface area contributed by atoms with Gasteiger partial charge in [-0.05, 0) is 77.1 Å². The van der Waals surface area contributed by atoms with Gasteiger partial charge in [-0.15, -0.1) is 0 Å². The summed E-state index contributed by atoms with van der Waals surface area (Å²) in [5.41, 5.74) is 6.98. The molecular formula is C31H33N3O3. The van der Waals surface area contributed by atoms with E-state index in [0.717, 1.165) is 53.7 Å². The Kier molecular flexibility index (Phi) is 6.33. The molecule has 0 saturated heterocycles. The third-order valence-electron chi connectivity index (χ3n) is 7.89. The van der Waals surface area contributed by atoms with Crippen LogP contribution in [0.1, 0.15) is 47.4 Å². The van der Waals surface area contributed by atoms with Gasteiger partial charge in [-0.1, -0.05) is 54.6 Å². The van der Waals surface area contributed by atoms with Crippen LogP contribution in [-0.4, -0.2) is 36.5 Å². The number of carbonyl (C=O) groups excluding carboxylic acids is 2. The molecular weight excluding hydrogens is 462 g/mol. The first-order chi connectivity index (χ1) is 18.1. The highest BCUT2D eigenvalue weighted by Crippen LogP contribution is 2.47. The second-order valence-corrected chi connectivity index (χ2v) is 10.4. The van der Waals surface area contributed by atoms with E-state index in [1.807, 2.05) is 35.2 Å². The molecule has 3 amide bonds. The number of hydrogen-bond donors (Lipinski definition) is 2. The average Bonchev–Trinajstić information content (AvgIpc) is 3.87. The molecule has 2 aliphatic carbocycles. The zero-order valence-corrected chi connectivity index (χ0v) is 21.2. The average molecular weight is 496 g/mol. The van der Waals surface area contributed by atoms with Crippen molar-refractivity contribution in [1.29, 1.82) is 0 Å². The molecule has 0 aromatic heterocycles. The van der Waals surface area contributed by atoms with Gasteiger partial charge in [0.05, 0.1) is 7.11 Å². The molecule has 3 aromatic rings. The fourth-order valence-corrected chi connectivity index (χ4v) is 5.50. The molecule has 1 aliphatic heterocycles. The zero-order valence-electron chi connectivity index (χ0n) is 21.2. The molecule has 0 bridgehead atoms. The lowest BCUT2D eigenvalue weighted by Crippen LogP contribution is -2.44. The van der Waals surface area contributed by atoms with Gasteiger partial charge in [-0.25, -0.2) is 4.79 Å². The first-order valence-electron chi connectivity index (χ1n) is 13.3. The van der Waals surface area contributed by atoms with Gasteiger partial charge in [0, 0.05) is 31.6 Å². The minimum atomic E-state index is 0.0126. The summed E-state index contributed by atoms with van der Waals surface area (Å²) in [5, 5.41) is 6.33. The van der Waals surface area contributed by atoms with Crippen molar-refractivity contribution in [1.82, 2.24) is 15.5 Å². The number of rotatable bonds is 7. The number of ether oxygens (including phenoxy) is 1. The third kappa shape index (κ3) is 5.06. The second-order valence-electron chi connectivity index (χ2n) is 10.4. The number of hydrogen-bond acceptors (Lipinski definition) is 3. The summed E-state index contributed by atoms with van der Waals surface area (Å²) in [4.78, 5) is 27.8. The predicted octanol–water partition coefficient (Wildman–Crippen LogP) is 5.01. The first-order valence-corrected chi connectivity index (χ1v) is 13.3. The summed E-state index contributed by atoms with van der Waals surface area (Å²) < 4.78 is 5.46. The number of nitrogens with zero attached hydrogens (tertiary/aromatic N) is 1. The van der Waals surface area contributed by atoms with Crippen LogP contribution in [-0.2, 0) is 24.3 Å². The van der Waals surface area contributed by atoms with E-state index in [-0.39, 0.29) is 17.9 Å². The zero-order chi connectivity index (χ0) is 25.4. The van der Waals surface area contributed by atoms with Crippen molar-refractivity contribution < 1.29 is 14.3 Å². The highest BCUT2D eigenvalue weighted by Gasteiger charge is 2.43. The van der Waals surface area contributed by atoms with Gasteiger partial charge in [0.1, 0.15) is 5.75 Å². The molecule has 6 heteroatoms. The molecule has 3 aromatic carbocycles. The fraction of sp³-hybridized carbons (Fsp3) is 0.355. The molecule has 190 valence electrons. The maximum Gasteiger partial charge on any atom is 0.317 e. The van der Waals surface area contributed by atoms with Crippen LogP contribution in [0, 0.1) is 5.92 Å². The van der Waals surface area contributed by atoms with Gasteiger partial charge >= 0.3 is 6.03 Å². The molecule has 2 atom stereocenters. The van der Waals surface area contributed by atoms with Crippen LogP contribution >= 0.6 is 0 Å². The summed E-state index contributed by atoms with van der Waals surface area (Å²) >= 11 is 0. The highest BCUT2D eigenvalue weighted by atomic mass is 16.5. The van der Waals surface area contributed by atoms with E-state index >= 15 is 0 Å². The number of fused-ring (bicyclic) bond motifs is 1. The first kappa shape index (κ1) is 23.6. The number of benzene rings is 3. The molecule has 2 N–H and O–H groups in total. The Morgan fingerprint density at radius 2 is 1.84 bits per heavy atom. The SMILES string of the molecule is COc1cccc(-c2ccc(CNC(=O)C3CC3c3ccccc3)c3c2CCN(C(=O)NC2CC2)C3)c1. The summed E-state index contributed by atoms with van der Waals surface area (Å²) in [6.45, 7) is 1.70. The predicted molar refractivity (Wildman–Crippen MR) is 143 cm³/mol. The van der Waals surface area contributed by atoms with Gasteiger partial charge in [0.15, 0.2) is 0 Å². The normalized spacial score (nSPS) is 20.1. The smallest absolute Gasteiger partial charge is 0.317 e. The molecule has 6 nitrogen and oxygen atoms in total. The largest absolute Gasteiger partial charge is 0.497 e. The van der Waals surface area contributed by atoms with Gasteiger partial charge in [0.25, 0.3) is 0 Å². The molecule has 37 heavy (non-hydrogen) atoms. The lowest BCUT2D eigenvalue weighted by atomic mass is 9.87. The van der Waals surface area contributed by atoms with E-state index in [1.165, 1.54) is 11.1 Å². The Hall–Kier alpha value is -3.80. The summed E-state index contributed by atoms with van der Waals surface area (Å²) in [5.74, 6) is 1.28. The Morgan fingerprint density at radius 3 is 2.62 bits per heavy atom. The number of urea groups is 1. The van der Waals surface area contributed by atoms with E-state index in [0.29, 0.717) is 31.6 Å². The van der Waals surface area contributed by atoms with Crippen molar-refractivity contribution in [2.24, 2.45) is 5.92 Å². The number of carbonyl (C=O) groups is 2. The van der Waals surface area contributed by atoms with E-state index in [1.54, 1.807) is 7.11 Å². The lowest BCUT2D eigenvalue weighted by Gasteiger charge is -2.32. The third-order valence-corrected chi connectivity index (χ3v) is 7.89. The van der Waals surface area contributed by atoms with Crippen molar-refractivity contribution >= 4 is 11.9 Å². The van der Waals surface area contributed by atoms with Gasteiger partial charge in [0.2, 0.25) is 5.91 Å². The Bertz CT molecular complexity index is 1320. The molecule has 2 fully saturated rings. The molecule has 0 radical (unpaired) electrons. The topological polar surface area (TPSA) is 70.7 Å². The highest BCUT2D eigenvalue weighted by molar-refractivity contribution is 5.83. The van der Waals surface area contributed by atoms with Crippen LogP contribution in [0.5, 0.6) is 5.75 Å². The van der Waals surface area contributed by atoms with E-state index in [4.69, 9.17) is 4.74 Å². The van der Waals surface area contributed by atoms with Crippen LogP contribution in [0.4, 0.5) is 4.79 Å². The maximum atomic E-state index is 13.0. The molecule has 2 saturated carbocycles. The van der Waals surface area contributed by atoms with Gasteiger partial charge in [-0.3, -0.25) is 4.79 Å². The maximum absolute atomic E-state index is 13.0. The quantitative estimate of drug-likeness (QED) is 0.484. The van der Waals surface area contributed by atoms with Crippen molar-refractivity contribution in [3.8, 4) is 16.9 Å². The van der Waals surface area contributed by atoms with Crippen molar-refractivity contribution in [3.05, 3.63) is 89.0 Å². The van der Waals surface area contributed by atoms with Crippen LogP contribution in [0.2, 0.25) is 0 Å². The molecule has 2 unspecified atom stereocenters. The van der Waals surface area contributed by atoms with Crippen LogP contribution < -0.4 is 15.4 Å². The minimum absolute atomic E-state index is 0.0126. The van der Waals surface area contributed by atoms with Crippen molar-refractivity contribution in [2.45, 2.75) is 50.7 Å². The van der Waals surface area contributed by atoms with Crippen molar-refractivity contribution in [2.75, 3.05) is 13.7 Å². The van der Waals surface area contributed by atoms with E-state index in [9.17, 15) is 9.59 Å². The molecule has 0 spiro atoms. The number of methoxy groups -OCH3 is 1. The monoisotopic (exact) mass is 495 g/mol. The summed E-state index contributed by atoms with van der Waals surface area (Å²) in [6, 6.07) is 23.0. The van der Waals surface area contributed by atoms with Crippen LogP contribution in [0.15, 0.2) is 66.7 Å². The van der Waals surface area contributed by atoms with Gasteiger partial charge < -0.3 is 20.3 Å². The lowest BCUT2D eigenvalue weighted by molar-refractivity contribution is -0.122. The minimum Gasteiger partial charge on any atom is -0.497 e. The van der Waals surface area contributed by atoms with Gasteiger partial charge in [-0.2, -0.15) is 0 Å². The fourth-order valence-electron chi connectivity index (χ4n) is 5.50. The van der Waals surface area contributed by atoms with Crippen molar-refractivity contribution in [3.63, 3.8) is 0 Å². The Balaban J connectivity index is 1.23. The summed E-state index contributed by atoms with van der Waals surface area (Å²) in [6.07, 6.45) is 3.81. The Labute approximate surface area is 218 Å². The number of amides is 3.